The standard InChI is InChI=1S/C25H33N3O4/c1-18-3-11-22(12-4-18)28(23-13-5-19(2)6-14-23)25(30)27-15-20-7-9-21(10-8-20)16-31-17-24(29)32-26/h3-6,11-14,20-21H,7-10,15-17,26H2,1-2H3,(H,27,30). The van der Waals surface area contributed by atoms with Gasteiger partial charge in [0, 0.05) is 6.54 Å². The first-order valence-corrected chi connectivity index (χ1v) is 11.1. The molecule has 0 saturated heterocycles. The van der Waals surface area contributed by atoms with Gasteiger partial charge in [0.05, 0.1) is 18.0 Å². The number of rotatable bonds is 8. The molecule has 7 nitrogen and oxygen atoms in total. The Labute approximate surface area is 189 Å². The third-order valence-electron chi connectivity index (χ3n) is 6.00. The van der Waals surface area contributed by atoms with Gasteiger partial charge in [-0.05, 0) is 75.6 Å². The second-order valence-corrected chi connectivity index (χ2v) is 8.58. The van der Waals surface area contributed by atoms with E-state index in [2.05, 4.69) is 10.2 Å². The minimum atomic E-state index is -0.562. The molecule has 0 atom stereocenters. The summed E-state index contributed by atoms with van der Waals surface area (Å²) in [5, 5.41) is 3.14. The third kappa shape index (κ3) is 6.80. The molecule has 0 heterocycles. The number of hydrogen-bond acceptors (Lipinski definition) is 5. The Balaban J connectivity index is 1.54. The Kier molecular flexibility index (Phi) is 8.64. The largest absolute Gasteiger partial charge is 0.372 e. The molecule has 0 spiro atoms. The fourth-order valence-corrected chi connectivity index (χ4v) is 4.03. The summed E-state index contributed by atoms with van der Waals surface area (Å²) in [7, 11) is 0. The van der Waals surface area contributed by atoms with Gasteiger partial charge in [0.15, 0.2) is 0 Å². The SMILES string of the molecule is Cc1ccc(N(C(=O)NCC2CCC(COCC(=O)ON)CC2)c2ccc(C)cc2)cc1. The van der Waals surface area contributed by atoms with E-state index < -0.39 is 5.97 Å². The molecule has 172 valence electrons. The molecule has 1 aliphatic carbocycles. The van der Waals surface area contributed by atoms with Gasteiger partial charge in [0.2, 0.25) is 0 Å². The molecule has 3 N–H and O–H groups in total. The van der Waals surface area contributed by atoms with Crippen LogP contribution in [0.25, 0.3) is 0 Å². The highest BCUT2D eigenvalue weighted by atomic mass is 16.7. The maximum Gasteiger partial charge on any atom is 0.350 e. The van der Waals surface area contributed by atoms with Crippen molar-refractivity contribution in [3.63, 3.8) is 0 Å². The molecule has 0 bridgehead atoms. The summed E-state index contributed by atoms with van der Waals surface area (Å²) < 4.78 is 5.37. The van der Waals surface area contributed by atoms with Crippen molar-refractivity contribution in [2.75, 3.05) is 24.7 Å². The van der Waals surface area contributed by atoms with E-state index in [9.17, 15) is 9.59 Å². The first kappa shape index (κ1) is 23.8. The molecule has 1 aliphatic rings. The van der Waals surface area contributed by atoms with Crippen molar-refractivity contribution in [1.29, 1.82) is 0 Å². The van der Waals surface area contributed by atoms with E-state index in [0.717, 1.165) is 48.2 Å². The highest BCUT2D eigenvalue weighted by Crippen LogP contribution is 2.30. The summed E-state index contributed by atoms with van der Waals surface area (Å²) in [4.78, 5) is 30.1. The highest BCUT2D eigenvalue weighted by molar-refractivity contribution is 5.99. The number of urea groups is 1. The van der Waals surface area contributed by atoms with Gasteiger partial charge in [-0.3, -0.25) is 4.90 Å². The Morgan fingerprint density at radius 2 is 1.41 bits per heavy atom. The van der Waals surface area contributed by atoms with Crippen LogP contribution in [0.2, 0.25) is 0 Å². The number of nitrogens with one attached hydrogen (secondary N) is 1. The van der Waals surface area contributed by atoms with Crippen LogP contribution in [-0.4, -0.2) is 31.8 Å². The van der Waals surface area contributed by atoms with Gasteiger partial charge in [0.1, 0.15) is 6.61 Å². The number of carbonyl (C=O) groups is 2. The molecule has 1 saturated carbocycles. The lowest BCUT2D eigenvalue weighted by Crippen LogP contribution is -2.40. The summed E-state index contributed by atoms with van der Waals surface area (Å²) in [5.41, 5.74) is 3.99. The molecule has 3 rings (SSSR count). The molecule has 2 aromatic rings. The maximum atomic E-state index is 13.2. The van der Waals surface area contributed by atoms with Gasteiger partial charge < -0.3 is 14.9 Å². The predicted octanol–water partition coefficient (Wildman–Crippen LogP) is 4.39. The van der Waals surface area contributed by atoms with Crippen LogP contribution in [0.5, 0.6) is 0 Å². The number of hydrogen-bond donors (Lipinski definition) is 2. The second kappa shape index (κ2) is 11.6. The molecule has 2 aromatic carbocycles. The molecule has 7 heteroatoms. The van der Waals surface area contributed by atoms with E-state index >= 15 is 0 Å². The predicted molar refractivity (Wildman–Crippen MR) is 124 cm³/mol. The number of amides is 2. The quantitative estimate of drug-likeness (QED) is 0.595. The number of anilines is 2. The normalized spacial score (nSPS) is 18.1. The molecule has 0 radical (unpaired) electrons. The molecular formula is C25H33N3O4. The van der Waals surface area contributed by atoms with Crippen LogP contribution in [0.4, 0.5) is 16.2 Å². The lowest BCUT2D eigenvalue weighted by Gasteiger charge is -2.30. The van der Waals surface area contributed by atoms with Crippen LogP contribution in [0.3, 0.4) is 0 Å². The zero-order valence-corrected chi connectivity index (χ0v) is 18.9. The molecule has 2 amide bonds. The van der Waals surface area contributed by atoms with Crippen LogP contribution >= 0.6 is 0 Å². The lowest BCUT2D eigenvalue weighted by atomic mass is 9.82. The smallest absolute Gasteiger partial charge is 0.350 e. The van der Waals surface area contributed by atoms with Crippen molar-refractivity contribution >= 4 is 23.4 Å². The van der Waals surface area contributed by atoms with E-state index in [0.29, 0.717) is 25.0 Å². The third-order valence-corrected chi connectivity index (χ3v) is 6.00. The number of carbonyl (C=O) groups excluding carboxylic acids is 2. The van der Waals surface area contributed by atoms with Crippen molar-refractivity contribution in [2.24, 2.45) is 17.7 Å². The van der Waals surface area contributed by atoms with Gasteiger partial charge in [-0.15, -0.1) is 0 Å². The maximum absolute atomic E-state index is 13.2. The molecule has 0 aliphatic heterocycles. The molecule has 0 unspecified atom stereocenters. The molecule has 32 heavy (non-hydrogen) atoms. The summed E-state index contributed by atoms with van der Waals surface area (Å²) in [6.07, 6.45) is 4.06. The highest BCUT2D eigenvalue weighted by Gasteiger charge is 2.24. The summed E-state index contributed by atoms with van der Waals surface area (Å²) in [6.45, 7) is 5.12. The number of benzene rings is 2. The minimum Gasteiger partial charge on any atom is -0.372 e. The number of aryl methyl sites for hydroxylation is 2. The zero-order chi connectivity index (χ0) is 22.9. The zero-order valence-electron chi connectivity index (χ0n) is 18.9. The van der Waals surface area contributed by atoms with Crippen molar-refractivity contribution in [1.82, 2.24) is 5.32 Å². The van der Waals surface area contributed by atoms with E-state index in [1.807, 2.05) is 62.4 Å². The Hall–Kier alpha value is -2.90. The van der Waals surface area contributed by atoms with Crippen LogP contribution < -0.4 is 16.1 Å². The molecular weight excluding hydrogens is 406 g/mol. The minimum absolute atomic E-state index is 0.111. The first-order valence-electron chi connectivity index (χ1n) is 11.1. The van der Waals surface area contributed by atoms with Crippen molar-refractivity contribution in [2.45, 2.75) is 39.5 Å². The number of nitrogens with two attached hydrogens (primary N) is 1. The van der Waals surface area contributed by atoms with Gasteiger partial charge in [-0.25, -0.2) is 9.59 Å². The van der Waals surface area contributed by atoms with E-state index in [4.69, 9.17) is 10.6 Å². The lowest BCUT2D eigenvalue weighted by molar-refractivity contribution is -0.150. The van der Waals surface area contributed by atoms with Crippen LogP contribution in [0.1, 0.15) is 36.8 Å². The van der Waals surface area contributed by atoms with E-state index in [1.165, 1.54) is 0 Å². The first-order chi connectivity index (χ1) is 15.5. The summed E-state index contributed by atoms with van der Waals surface area (Å²) in [6, 6.07) is 15.8. The van der Waals surface area contributed by atoms with Gasteiger partial charge in [-0.2, -0.15) is 5.90 Å². The fourth-order valence-electron chi connectivity index (χ4n) is 4.03. The summed E-state index contributed by atoms with van der Waals surface area (Å²) in [5.74, 6) is 5.10. The van der Waals surface area contributed by atoms with Gasteiger partial charge in [-0.1, -0.05) is 35.4 Å². The molecule has 1 fully saturated rings. The average molecular weight is 440 g/mol. The number of ether oxygens (including phenoxy) is 1. The van der Waals surface area contributed by atoms with Crippen molar-refractivity contribution in [3.8, 4) is 0 Å². The second-order valence-electron chi connectivity index (χ2n) is 8.58. The number of nitrogens with zero attached hydrogens (tertiary/aromatic N) is 1. The Bertz CT molecular complexity index is 830. The van der Waals surface area contributed by atoms with Gasteiger partial charge in [0.25, 0.3) is 0 Å². The average Bonchev–Trinajstić information content (AvgIpc) is 2.81. The van der Waals surface area contributed by atoms with Crippen molar-refractivity contribution in [3.05, 3.63) is 59.7 Å². The summed E-state index contributed by atoms with van der Waals surface area (Å²) >= 11 is 0. The van der Waals surface area contributed by atoms with Crippen LogP contribution in [-0.2, 0) is 14.4 Å². The topological polar surface area (TPSA) is 93.9 Å². The van der Waals surface area contributed by atoms with E-state index in [-0.39, 0.29) is 12.6 Å². The Morgan fingerprint density at radius 1 is 0.906 bits per heavy atom. The van der Waals surface area contributed by atoms with Gasteiger partial charge >= 0.3 is 12.0 Å². The van der Waals surface area contributed by atoms with Crippen LogP contribution in [0.15, 0.2) is 48.5 Å². The van der Waals surface area contributed by atoms with Crippen LogP contribution in [0, 0.1) is 25.7 Å². The van der Waals surface area contributed by atoms with E-state index in [1.54, 1.807) is 4.90 Å². The van der Waals surface area contributed by atoms with Crippen molar-refractivity contribution < 1.29 is 19.2 Å². The Morgan fingerprint density at radius 3 is 1.91 bits per heavy atom. The monoisotopic (exact) mass is 439 g/mol. The molecule has 0 aromatic heterocycles. The fraction of sp³-hybridized carbons (Fsp3) is 0.440.